The molecule has 4 nitrogen and oxygen atoms in total. The van der Waals surface area contributed by atoms with E-state index in [0.717, 1.165) is 38.5 Å². The maximum atomic E-state index is 6.27. The van der Waals surface area contributed by atoms with Crippen molar-refractivity contribution in [3.8, 4) is 11.6 Å². The molecule has 0 saturated carbocycles. The molecule has 4 rings (SSSR count). The molecule has 0 saturated heterocycles. The van der Waals surface area contributed by atoms with Gasteiger partial charge in [-0.05, 0) is 48.9 Å². The zero-order chi connectivity index (χ0) is 19.0. The van der Waals surface area contributed by atoms with E-state index >= 15 is 0 Å². The zero-order valence-electron chi connectivity index (χ0n) is 14.2. The minimum atomic E-state index is 0.629. The van der Waals surface area contributed by atoms with E-state index in [0.29, 0.717) is 21.6 Å². The predicted octanol–water partition coefficient (Wildman–Crippen LogP) is 7.07. The lowest BCUT2D eigenvalue weighted by Crippen LogP contribution is -1.99. The van der Waals surface area contributed by atoms with Crippen molar-refractivity contribution in [2.45, 2.75) is 24.4 Å². The molecule has 0 radical (unpaired) electrons. The molecule has 138 valence electrons. The van der Waals surface area contributed by atoms with Crippen molar-refractivity contribution in [2.24, 2.45) is 0 Å². The van der Waals surface area contributed by atoms with Crippen molar-refractivity contribution in [1.82, 2.24) is 14.8 Å². The molecule has 0 spiro atoms. The second-order valence-electron chi connectivity index (χ2n) is 5.87. The summed E-state index contributed by atoms with van der Waals surface area (Å²) in [4.78, 5) is 0. The first-order valence-electron chi connectivity index (χ1n) is 8.24. The summed E-state index contributed by atoms with van der Waals surface area (Å²) in [6.45, 7) is 2.80. The Morgan fingerprint density at radius 3 is 2.74 bits per heavy atom. The molecule has 0 amide bonds. The number of furan rings is 1. The molecule has 0 aliphatic heterocycles. The van der Waals surface area contributed by atoms with Crippen LogP contribution < -0.4 is 0 Å². The van der Waals surface area contributed by atoms with Crippen molar-refractivity contribution < 1.29 is 4.42 Å². The third-order valence-corrected chi connectivity index (χ3v) is 6.20. The Balaban J connectivity index is 1.62. The number of hydrogen-bond acceptors (Lipinski definition) is 4. The highest BCUT2D eigenvalue weighted by atomic mass is 79.9. The second kappa shape index (κ2) is 7.87. The van der Waals surface area contributed by atoms with Crippen LogP contribution >= 0.6 is 50.9 Å². The van der Waals surface area contributed by atoms with Crippen LogP contribution in [0, 0.1) is 0 Å². The third kappa shape index (κ3) is 3.90. The first-order valence-corrected chi connectivity index (χ1v) is 10.8. The van der Waals surface area contributed by atoms with Crippen molar-refractivity contribution in [1.29, 1.82) is 0 Å². The molecule has 8 heteroatoms. The molecule has 0 aliphatic carbocycles. The van der Waals surface area contributed by atoms with Crippen LogP contribution in [-0.2, 0) is 12.3 Å². The van der Waals surface area contributed by atoms with Crippen LogP contribution in [0.5, 0.6) is 0 Å². The van der Waals surface area contributed by atoms with Gasteiger partial charge in [-0.2, -0.15) is 0 Å². The summed E-state index contributed by atoms with van der Waals surface area (Å²) in [7, 11) is 0. The molecule has 0 fully saturated rings. The van der Waals surface area contributed by atoms with E-state index in [2.05, 4.69) is 33.1 Å². The highest BCUT2D eigenvalue weighted by Gasteiger charge is 2.17. The molecule has 0 aliphatic rings. The van der Waals surface area contributed by atoms with Crippen LogP contribution in [0.15, 0.2) is 56.5 Å². The molecular weight excluding hydrogens is 469 g/mol. The van der Waals surface area contributed by atoms with E-state index in [1.54, 1.807) is 17.8 Å². The normalized spacial score (nSPS) is 11.4. The highest BCUT2D eigenvalue weighted by Crippen LogP contribution is 2.32. The zero-order valence-corrected chi connectivity index (χ0v) is 18.2. The van der Waals surface area contributed by atoms with Gasteiger partial charge in [-0.3, -0.25) is 4.57 Å². The van der Waals surface area contributed by atoms with Gasteiger partial charge in [0.25, 0.3) is 0 Å². The number of benzene rings is 2. The van der Waals surface area contributed by atoms with Gasteiger partial charge in [0.15, 0.2) is 10.9 Å². The number of halogens is 3. The summed E-state index contributed by atoms with van der Waals surface area (Å²) in [5.41, 5.74) is 1.83. The first-order chi connectivity index (χ1) is 13.0. The van der Waals surface area contributed by atoms with Crippen LogP contribution in [0.1, 0.15) is 12.5 Å². The second-order valence-corrected chi connectivity index (χ2v) is 8.57. The molecule has 0 unspecified atom stereocenters. The van der Waals surface area contributed by atoms with Crippen LogP contribution in [0.2, 0.25) is 10.0 Å². The summed E-state index contributed by atoms with van der Waals surface area (Å²) in [5, 5.41) is 11.8. The van der Waals surface area contributed by atoms with Gasteiger partial charge in [0.2, 0.25) is 5.82 Å². The van der Waals surface area contributed by atoms with E-state index in [9.17, 15) is 0 Å². The topological polar surface area (TPSA) is 43.9 Å². The lowest BCUT2D eigenvalue weighted by atomic mass is 10.2. The van der Waals surface area contributed by atoms with Gasteiger partial charge in [0.05, 0.1) is 0 Å². The Morgan fingerprint density at radius 1 is 1.11 bits per heavy atom. The molecule has 0 atom stereocenters. The fraction of sp³-hybridized carbons (Fsp3) is 0.158. The summed E-state index contributed by atoms with van der Waals surface area (Å²) in [6, 6.07) is 13.4. The number of nitrogens with zero attached hydrogens (tertiary/aromatic N) is 3. The van der Waals surface area contributed by atoms with E-state index in [1.807, 2.05) is 41.0 Å². The fourth-order valence-electron chi connectivity index (χ4n) is 2.77. The molecule has 27 heavy (non-hydrogen) atoms. The fourth-order valence-corrected chi connectivity index (χ4v) is 4.71. The summed E-state index contributed by atoms with van der Waals surface area (Å²) in [5.74, 6) is 2.10. The van der Waals surface area contributed by atoms with E-state index in [1.165, 1.54) is 0 Å². The summed E-state index contributed by atoms with van der Waals surface area (Å²) < 4.78 is 9.02. The molecule has 2 heterocycles. The molecule has 0 N–H and O–H groups in total. The first kappa shape index (κ1) is 18.9. The molecular formula is C19H14BrCl2N3OS. The van der Waals surface area contributed by atoms with Crippen LogP contribution in [0.4, 0.5) is 0 Å². The van der Waals surface area contributed by atoms with E-state index in [-0.39, 0.29) is 0 Å². The number of thioether (sulfide) groups is 1. The average molecular weight is 483 g/mol. The van der Waals surface area contributed by atoms with E-state index < -0.39 is 0 Å². The van der Waals surface area contributed by atoms with Crippen molar-refractivity contribution in [3.05, 3.63) is 62.5 Å². The Hall–Kier alpha value is -1.47. The largest absolute Gasteiger partial charge is 0.453 e. The van der Waals surface area contributed by atoms with Crippen molar-refractivity contribution in [2.75, 3.05) is 0 Å². The molecule has 2 aromatic carbocycles. The average Bonchev–Trinajstić information content (AvgIpc) is 3.23. The van der Waals surface area contributed by atoms with Crippen LogP contribution in [0.3, 0.4) is 0 Å². The SMILES string of the molecule is CCn1c(SCc2ccc(Cl)cc2Cl)nnc1-c1cc2cc(Br)ccc2o1. The van der Waals surface area contributed by atoms with Crippen molar-refractivity contribution in [3.63, 3.8) is 0 Å². The summed E-state index contributed by atoms with van der Waals surface area (Å²) in [6.07, 6.45) is 0. The quantitative estimate of drug-likeness (QED) is 0.285. The van der Waals surface area contributed by atoms with Crippen LogP contribution in [0.25, 0.3) is 22.6 Å². The third-order valence-electron chi connectivity index (χ3n) is 4.10. The van der Waals surface area contributed by atoms with Crippen LogP contribution in [-0.4, -0.2) is 14.8 Å². The Labute approximate surface area is 179 Å². The lowest BCUT2D eigenvalue weighted by molar-refractivity contribution is 0.607. The van der Waals surface area contributed by atoms with Gasteiger partial charge in [-0.1, -0.05) is 57.0 Å². The standard InChI is InChI=1S/C19H14BrCl2N3OS/c1-2-25-18(17-8-12-7-13(20)4-6-16(12)26-17)23-24-19(25)27-10-11-3-5-14(21)9-15(11)22/h3-9H,2,10H2,1H3. The Kier molecular flexibility index (Phi) is 5.50. The van der Waals surface area contributed by atoms with Gasteiger partial charge in [-0.15, -0.1) is 10.2 Å². The summed E-state index contributed by atoms with van der Waals surface area (Å²) >= 11 is 17.3. The molecule has 4 aromatic rings. The highest BCUT2D eigenvalue weighted by molar-refractivity contribution is 9.10. The van der Waals surface area contributed by atoms with Gasteiger partial charge in [0, 0.05) is 32.2 Å². The smallest absolute Gasteiger partial charge is 0.200 e. The number of fused-ring (bicyclic) bond motifs is 1. The predicted molar refractivity (Wildman–Crippen MR) is 115 cm³/mol. The Morgan fingerprint density at radius 2 is 1.96 bits per heavy atom. The van der Waals surface area contributed by atoms with Crippen molar-refractivity contribution >= 4 is 61.9 Å². The number of hydrogen-bond donors (Lipinski definition) is 0. The minimum Gasteiger partial charge on any atom is -0.453 e. The lowest BCUT2D eigenvalue weighted by Gasteiger charge is -2.07. The van der Waals surface area contributed by atoms with Gasteiger partial charge >= 0.3 is 0 Å². The van der Waals surface area contributed by atoms with E-state index in [4.69, 9.17) is 27.6 Å². The minimum absolute atomic E-state index is 0.629. The number of rotatable bonds is 5. The van der Waals surface area contributed by atoms with Gasteiger partial charge in [-0.25, -0.2) is 0 Å². The number of aromatic nitrogens is 3. The maximum absolute atomic E-state index is 6.27. The maximum Gasteiger partial charge on any atom is 0.200 e. The Bertz CT molecular complexity index is 1130. The van der Waals surface area contributed by atoms with Gasteiger partial charge in [0.1, 0.15) is 5.58 Å². The monoisotopic (exact) mass is 481 g/mol. The molecule has 0 bridgehead atoms. The van der Waals surface area contributed by atoms with Gasteiger partial charge < -0.3 is 4.42 Å². The molecule has 2 aromatic heterocycles.